The summed E-state index contributed by atoms with van der Waals surface area (Å²) in [5, 5.41) is 0. The Morgan fingerprint density at radius 1 is 1.46 bits per heavy atom. The minimum Gasteiger partial charge on any atom is -0.384 e. The van der Waals surface area contributed by atoms with Crippen LogP contribution in [0.5, 0.6) is 0 Å². The summed E-state index contributed by atoms with van der Waals surface area (Å²) in [5.41, 5.74) is 4.44. The van der Waals surface area contributed by atoms with E-state index in [1.807, 2.05) is 0 Å². The molecule has 1 fully saturated rings. The van der Waals surface area contributed by atoms with Crippen LogP contribution in [-0.4, -0.2) is 18.0 Å². The van der Waals surface area contributed by atoms with Crippen LogP contribution < -0.4 is 10.6 Å². The van der Waals surface area contributed by atoms with Crippen molar-refractivity contribution in [1.82, 2.24) is 4.98 Å². The Hall–Kier alpha value is -1.25. The summed E-state index contributed by atoms with van der Waals surface area (Å²) in [7, 11) is 0. The van der Waals surface area contributed by atoms with Gasteiger partial charge in [-0.3, -0.25) is 0 Å². The van der Waals surface area contributed by atoms with E-state index in [0.717, 1.165) is 0 Å². The second-order valence-electron chi connectivity index (χ2n) is 2.14. The van der Waals surface area contributed by atoms with Crippen LogP contribution in [0.3, 0.4) is 0 Å². The second-order valence-corrected chi connectivity index (χ2v) is 2.14. The maximum atomic E-state index is 8.03. The summed E-state index contributed by atoms with van der Waals surface area (Å²) in [6.07, 6.45) is -11.7. The molecule has 0 amide bonds. The Balaban J connectivity index is 2.97. The normalized spacial score (nSPS) is 51.4. The first-order valence-corrected chi connectivity index (χ1v) is 3.41. The largest absolute Gasteiger partial charge is 0.384 e. The number of piperidine rings is 1. The molecule has 1 saturated heterocycles. The van der Waals surface area contributed by atoms with Crippen molar-refractivity contribution in [2.24, 2.45) is 0 Å². The number of hydrogen-bond acceptors (Lipinski definition) is 3. The van der Waals surface area contributed by atoms with Crippen LogP contribution >= 0.6 is 0 Å². The number of pyridine rings is 1. The van der Waals surface area contributed by atoms with Crippen LogP contribution in [0.1, 0.15) is 36.9 Å². The van der Waals surface area contributed by atoms with E-state index in [1.165, 1.54) is 0 Å². The molecule has 0 spiro atoms. The third-order valence-corrected chi connectivity index (χ3v) is 1.28. The van der Waals surface area contributed by atoms with E-state index in [0.29, 0.717) is 0 Å². The number of hydrogen-bond donors (Lipinski definition) is 1. The predicted octanol–water partition coefficient (Wildman–Crippen LogP) is 1.65. The molecule has 0 radical (unpaired) electrons. The van der Waals surface area contributed by atoms with Gasteiger partial charge >= 0.3 is 0 Å². The van der Waals surface area contributed by atoms with Gasteiger partial charge in [-0.15, -0.1) is 0 Å². The number of nitrogen functional groups attached to an aromatic ring is 1. The van der Waals surface area contributed by atoms with Crippen molar-refractivity contribution >= 4 is 11.5 Å². The molecule has 3 nitrogen and oxygen atoms in total. The Labute approximate surface area is 96.8 Å². The summed E-state index contributed by atoms with van der Waals surface area (Å²) < 4.78 is 102. The van der Waals surface area contributed by atoms with Gasteiger partial charge in [-0.1, -0.05) is 0 Å². The molecule has 0 atom stereocenters. The molecule has 1 aliphatic heterocycles. The zero-order valence-corrected chi connectivity index (χ0v) is 6.47. The number of anilines is 2. The van der Waals surface area contributed by atoms with Gasteiger partial charge in [0.2, 0.25) is 0 Å². The highest BCUT2D eigenvalue weighted by molar-refractivity contribution is 5.52. The first-order valence-electron chi connectivity index (χ1n) is 9.91. The van der Waals surface area contributed by atoms with Crippen molar-refractivity contribution in [2.45, 2.75) is 19.1 Å². The van der Waals surface area contributed by atoms with Crippen molar-refractivity contribution in [1.29, 1.82) is 0 Å². The van der Waals surface area contributed by atoms with E-state index in [2.05, 4.69) is 4.98 Å². The molecule has 2 heterocycles. The summed E-state index contributed by atoms with van der Waals surface area (Å²) in [4.78, 5) is 3.21. The molecule has 0 saturated carbocycles. The molecule has 0 aliphatic carbocycles. The number of rotatable bonds is 1. The van der Waals surface area contributed by atoms with E-state index in [4.69, 9.17) is 23.6 Å². The average molecular weight is 190 g/mol. The zero-order chi connectivity index (χ0) is 20.7. The molecule has 0 unspecified atom stereocenters. The van der Waals surface area contributed by atoms with Crippen LogP contribution in [0, 0.1) is 0 Å². The SMILES string of the molecule is [2H]c1nc(N)c([2H])c(N2C([2H])([2H])C([2H])([2H])C([2H])([2H])C([2H])([2H])C2([2H])[2H])c1[2H]. The molecule has 13 heavy (non-hydrogen) atoms. The fraction of sp³-hybridized carbons (Fsp3) is 0.500. The maximum Gasteiger partial charge on any atom is 0.125 e. The first-order chi connectivity index (χ1) is 11.4. The Kier molecular flexibility index (Phi) is 0.574. The van der Waals surface area contributed by atoms with E-state index < -0.39 is 61.9 Å². The van der Waals surface area contributed by atoms with Crippen LogP contribution in [-0.2, 0) is 0 Å². The summed E-state index contributed by atoms with van der Waals surface area (Å²) in [6.45, 7) is -7.09. The van der Waals surface area contributed by atoms with Gasteiger partial charge in [-0.25, -0.2) is 4.98 Å². The van der Waals surface area contributed by atoms with Crippen molar-refractivity contribution in [2.75, 3.05) is 23.6 Å². The lowest BCUT2D eigenvalue weighted by Gasteiger charge is -2.28. The number of nitrogens with two attached hydrogens (primary N) is 1. The van der Waals surface area contributed by atoms with Crippen molar-refractivity contribution in [3.63, 3.8) is 0 Å². The molecule has 3 heteroatoms. The third kappa shape index (κ3) is 1.91. The van der Waals surface area contributed by atoms with Gasteiger partial charge < -0.3 is 10.6 Å². The highest BCUT2D eigenvalue weighted by atomic mass is 15.1. The Bertz CT molecular complexity index is 703. The fourth-order valence-electron chi connectivity index (χ4n) is 0.772. The first kappa shape index (κ1) is 2.05. The molecule has 2 rings (SSSR count). The van der Waals surface area contributed by atoms with Gasteiger partial charge in [-0.05, 0) is 25.2 Å². The van der Waals surface area contributed by atoms with Crippen LogP contribution in [0.25, 0.3) is 0 Å². The number of aromatic nitrogens is 1. The van der Waals surface area contributed by atoms with Gasteiger partial charge in [0.1, 0.15) is 5.82 Å². The van der Waals surface area contributed by atoms with E-state index in [-0.39, 0.29) is 4.90 Å². The predicted molar refractivity (Wildman–Crippen MR) is 54.7 cm³/mol. The molecule has 1 aromatic rings. The quantitative estimate of drug-likeness (QED) is 0.732. The molecule has 0 bridgehead atoms. The Morgan fingerprint density at radius 2 is 2.23 bits per heavy atom. The van der Waals surface area contributed by atoms with Gasteiger partial charge in [-0.2, -0.15) is 0 Å². The van der Waals surface area contributed by atoms with Gasteiger partial charge in [0, 0.05) is 44.6 Å². The molecule has 0 aromatic carbocycles. The lowest BCUT2D eigenvalue weighted by molar-refractivity contribution is 0.578. The van der Waals surface area contributed by atoms with Crippen molar-refractivity contribution < 1.29 is 17.8 Å². The van der Waals surface area contributed by atoms with Gasteiger partial charge in [0.15, 0.2) is 0 Å². The van der Waals surface area contributed by atoms with Crippen LogP contribution in [0.2, 0.25) is 0 Å². The molecular formula is C10H15N3. The fourth-order valence-corrected chi connectivity index (χ4v) is 0.772. The molecule has 1 aliphatic rings. The zero-order valence-electron chi connectivity index (χ0n) is 19.5. The molecular weight excluding hydrogens is 162 g/mol. The summed E-state index contributed by atoms with van der Waals surface area (Å²) in [5.74, 6) is -0.665. The molecule has 2 N–H and O–H groups in total. The van der Waals surface area contributed by atoms with Crippen molar-refractivity contribution in [3.8, 4) is 0 Å². The average Bonchev–Trinajstić information content (AvgIpc) is 2.47. The standard InChI is InChI=1S/C10H15N3/c11-10-8-9(4-5-12-10)13-6-2-1-3-7-13/h4-5,8H,1-3,6-7H2,(H2,11,12)/i1D2,2D2,3D2,4D,5D,6D2,7D2,8D. The molecule has 70 valence electrons. The van der Waals surface area contributed by atoms with Gasteiger partial charge in [0.25, 0.3) is 0 Å². The molecule has 1 aromatic heterocycles. The lowest BCUT2D eigenvalue weighted by Crippen LogP contribution is -2.29. The van der Waals surface area contributed by atoms with E-state index >= 15 is 0 Å². The second kappa shape index (κ2) is 3.64. The minimum absolute atomic E-state index is 0.151. The van der Waals surface area contributed by atoms with Crippen molar-refractivity contribution in [3.05, 3.63) is 18.3 Å². The third-order valence-electron chi connectivity index (χ3n) is 1.28. The highest BCUT2D eigenvalue weighted by Gasteiger charge is 2.10. The summed E-state index contributed by atoms with van der Waals surface area (Å²) in [6, 6.07) is -1.86. The minimum atomic E-state index is -3.61. The Morgan fingerprint density at radius 3 is 3.00 bits per heavy atom. The van der Waals surface area contributed by atoms with E-state index in [1.54, 1.807) is 0 Å². The maximum absolute atomic E-state index is 8.03. The summed E-state index contributed by atoms with van der Waals surface area (Å²) >= 11 is 0. The highest BCUT2D eigenvalue weighted by Crippen LogP contribution is 2.20. The topological polar surface area (TPSA) is 42.1 Å². The number of nitrogens with zero attached hydrogens (tertiary/aromatic N) is 2. The lowest BCUT2D eigenvalue weighted by atomic mass is 10.1. The van der Waals surface area contributed by atoms with E-state index in [9.17, 15) is 0 Å². The van der Waals surface area contributed by atoms with Crippen LogP contribution in [0.15, 0.2) is 18.3 Å². The monoisotopic (exact) mass is 190 g/mol. The van der Waals surface area contributed by atoms with Gasteiger partial charge in [0.05, 0.1) is 4.11 Å². The van der Waals surface area contributed by atoms with Crippen LogP contribution in [0.4, 0.5) is 11.5 Å². The smallest absolute Gasteiger partial charge is 0.125 e.